The summed E-state index contributed by atoms with van der Waals surface area (Å²) >= 11 is 0. The van der Waals surface area contributed by atoms with Crippen molar-refractivity contribution in [3.05, 3.63) is 59.7 Å². The van der Waals surface area contributed by atoms with Crippen LogP contribution in [0.3, 0.4) is 0 Å². The van der Waals surface area contributed by atoms with Gasteiger partial charge in [-0.25, -0.2) is 0 Å². The molecule has 24 heavy (non-hydrogen) atoms. The number of carbonyl (C=O) groups is 1. The van der Waals surface area contributed by atoms with Gasteiger partial charge in [0.1, 0.15) is 0 Å². The highest BCUT2D eigenvalue weighted by molar-refractivity contribution is 5.73. The second kappa shape index (κ2) is 7.18. The van der Waals surface area contributed by atoms with Gasteiger partial charge in [0.05, 0.1) is 6.10 Å². The first kappa shape index (κ1) is 16.7. The number of aryl methyl sites for hydroxylation is 1. The molecule has 3 heteroatoms. The monoisotopic (exact) mass is 323 g/mol. The molecule has 1 aliphatic rings. The molecule has 1 unspecified atom stereocenters. The van der Waals surface area contributed by atoms with Gasteiger partial charge in [0, 0.05) is 20.0 Å². The number of rotatable bonds is 3. The molecule has 0 spiro atoms. The Morgan fingerprint density at radius 3 is 2.33 bits per heavy atom. The molecule has 3 nitrogen and oxygen atoms in total. The standard InChI is InChI=1S/C21H25NO2/c1-15-4-3-5-20(14-15)17-6-8-18(9-7-17)21(24)19-10-12-22(13-11-19)16(2)23/h3-9,14,19,21,24H,10-13H2,1-2H3. The van der Waals surface area contributed by atoms with E-state index < -0.39 is 6.10 Å². The van der Waals surface area contributed by atoms with Crippen molar-refractivity contribution < 1.29 is 9.90 Å². The van der Waals surface area contributed by atoms with Crippen LogP contribution in [0.1, 0.15) is 37.0 Å². The molecule has 1 N–H and O–H groups in total. The molecule has 2 aromatic carbocycles. The third kappa shape index (κ3) is 3.68. The fourth-order valence-corrected chi connectivity index (χ4v) is 3.50. The van der Waals surface area contributed by atoms with Crippen molar-refractivity contribution in [1.29, 1.82) is 0 Å². The van der Waals surface area contributed by atoms with E-state index in [1.165, 1.54) is 16.7 Å². The van der Waals surface area contributed by atoms with Crippen molar-refractivity contribution in [2.45, 2.75) is 32.8 Å². The molecule has 0 aliphatic carbocycles. The number of hydrogen-bond donors (Lipinski definition) is 1. The molecule has 1 fully saturated rings. The van der Waals surface area contributed by atoms with Crippen molar-refractivity contribution in [2.24, 2.45) is 5.92 Å². The normalized spacial score (nSPS) is 16.9. The summed E-state index contributed by atoms with van der Waals surface area (Å²) in [5.74, 6) is 0.357. The number of hydrogen-bond acceptors (Lipinski definition) is 2. The van der Waals surface area contributed by atoms with E-state index >= 15 is 0 Å². The van der Waals surface area contributed by atoms with Gasteiger partial charge >= 0.3 is 0 Å². The van der Waals surface area contributed by atoms with E-state index in [0.717, 1.165) is 31.5 Å². The Bertz CT molecular complexity index is 700. The van der Waals surface area contributed by atoms with Crippen LogP contribution in [0.5, 0.6) is 0 Å². The van der Waals surface area contributed by atoms with Gasteiger partial charge in [0.2, 0.25) is 5.91 Å². The first-order chi connectivity index (χ1) is 11.5. The lowest BCUT2D eigenvalue weighted by Crippen LogP contribution is -2.38. The highest BCUT2D eigenvalue weighted by Gasteiger charge is 2.27. The quantitative estimate of drug-likeness (QED) is 0.929. The zero-order chi connectivity index (χ0) is 17.1. The second-order valence-corrected chi connectivity index (χ2v) is 6.78. The molecule has 0 bridgehead atoms. The van der Waals surface area contributed by atoms with E-state index in [2.05, 4.69) is 43.3 Å². The van der Waals surface area contributed by atoms with Crippen LogP contribution in [0.2, 0.25) is 0 Å². The van der Waals surface area contributed by atoms with Crippen LogP contribution in [0.15, 0.2) is 48.5 Å². The molecule has 1 aliphatic heterocycles. The van der Waals surface area contributed by atoms with Crippen LogP contribution in [0, 0.1) is 12.8 Å². The maximum Gasteiger partial charge on any atom is 0.219 e. The summed E-state index contributed by atoms with van der Waals surface area (Å²) in [6, 6.07) is 16.7. The summed E-state index contributed by atoms with van der Waals surface area (Å²) in [5.41, 5.74) is 4.58. The number of carbonyl (C=O) groups excluding carboxylic acids is 1. The maximum atomic E-state index is 11.4. The lowest BCUT2D eigenvalue weighted by molar-refractivity contribution is -0.130. The molecule has 1 saturated heterocycles. The third-order valence-corrected chi connectivity index (χ3v) is 5.04. The average molecular weight is 323 g/mol. The molecule has 0 saturated carbocycles. The van der Waals surface area contributed by atoms with Gasteiger partial charge in [0.25, 0.3) is 0 Å². The summed E-state index contributed by atoms with van der Waals surface area (Å²) < 4.78 is 0. The number of likely N-dealkylation sites (tertiary alicyclic amines) is 1. The minimum Gasteiger partial charge on any atom is -0.388 e. The molecular formula is C21H25NO2. The zero-order valence-electron chi connectivity index (χ0n) is 14.4. The highest BCUT2D eigenvalue weighted by atomic mass is 16.3. The first-order valence-corrected chi connectivity index (χ1v) is 8.65. The predicted octanol–water partition coefficient (Wildman–Crippen LogP) is 3.95. The summed E-state index contributed by atoms with van der Waals surface area (Å²) in [6.45, 7) is 5.20. The van der Waals surface area contributed by atoms with Crippen molar-refractivity contribution >= 4 is 5.91 Å². The number of amides is 1. The molecule has 2 aromatic rings. The van der Waals surface area contributed by atoms with Gasteiger partial charge in [-0.05, 0) is 42.4 Å². The Labute approximate surface area is 143 Å². The Kier molecular flexibility index (Phi) is 5.00. The molecular weight excluding hydrogens is 298 g/mol. The van der Waals surface area contributed by atoms with E-state index in [1.54, 1.807) is 6.92 Å². The predicted molar refractivity (Wildman–Crippen MR) is 96.6 cm³/mol. The molecule has 126 valence electrons. The minimum atomic E-state index is -0.453. The van der Waals surface area contributed by atoms with Gasteiger partial charge in [-0.1, -0.05) is 54.1 Å². The second-order valence-electron chi connectivity index (χ2n) is 6.78. The van der Waals surface area contributed by atoms with Crippen LogP contribution >= 0.6 is 0 Å². The average Bonchev–Trinajstić information content (AvgIpc) is 2.61. The Hall–Kier alpha value is -2.13. The number of aliphatic hydroxyl groups excluding tert-OH is 1. The van der Waals surface area contributed by atoms with Gasteiger partial charge in [-0.2, -0.15) is 0 Å². The number of benzene rings is 2. The minimum absolute atomic E-state index is 0.130. The SMILES string of the molecule is CC(=O)N1CCC(C(O)c2ccc(-c3cccc(C)c3)cc2)CC1. The van der Waals surface area contributed by atoms with Crippen LogP contribution in [0.4, 0.5) is 0 Å². The van der Waals surface area contributed by atoms with Crippen LogP contribution in [-0.4, -0.2) is 29.0 Å². The topological polar surface area (TPSA) is 40.5 Å². The van der Waals surface area contributed by atoms with Crippen LogP contribution < -0.4 is 0 Å². The molecule has 1 amide bonds. The lowest BCUT2D eigenvalue weighted by Gasteiger charge is -2.33. The van der Waals surface area contributed by atoms with Gasteiger partial charge in [-0.15, -0.1) is 0 Å². The van der Waals surface area contributed by atoms with Crippen molar-refractivity contribution in [1.82, 2.24) is 4.90 Å². The smallest absolute Gasteiger partial charge is 0.219 e. The summed E-state index contributed by atoms with van der Waals surface area (Å²) in [6.07, 6.45) is 1.27. The molecule has 0 radical (unpaired) electrons. The van der Waals surface area contributed by atoms with E-state index in [-0.39, 0.29) is 11.8 Å². The molecule has 1 atom stereocenters. The molecule has 1 heterocycles. The third-order valence-electron chi connectivity index (χ3n) is 5.04. The lowest BCUT2D eigenvalue weighted by atomic mass is 9.87. The van der Waals surface area contributed by atoms with Gasteiger partial charge in [0.15, 0.2) is 0 Å². The largest absolute Gasteiger partial charge is 0.388 e. The Morgan fingerprint density at radius 2 is 1.75 bits per heavy atom. The number of aliphatic hydroxyl groups is 1. The fourth-order valence-electron chi connectivity index (χ4n) is 3.50. The maximum absolute atomic E-state index is 11.4. The molecule has 3 rings (SSSR count). The molecule has 0 aromatic heterocycles. The van der Waals surface area contributed by atoms with E-state index in [9.17, 15) is 9.90 Å². The first-order valence-electron chi connectivity index (χ1n) is 8.65. The van der Waals surface area contributed by atoms with E-state index in [1.807, 2.05) is 17.0 Å². The summed E-state index contributed by atoms with van der Waals surface area (Å²) in [5, 5.41) is 10.7. The zero-order valence-corrected chi connectivity index (χ0v) is 14.4. The van der Waals surface area contributed by atoms with Gasteiger partial charge < -0.3 is 10.0 Å². The van der Waals surface area contributed by atoms with Crippen molar-refractivity contribution in [2.75, 3.05) is 13.1 Å². The summed E-state index contributed by atoms with van der Waals surface area (Å²) in [7, 11) is 0. The summed E-state index contributed by atoms with van der Waals surface area (Å²) in [4.78, 5) is 13.3. The van der Waals surface area contributed by atoms with Gasteiger partial charge in [-0.3, -0.25) is 4.79 Å². The van der Waals surface area contributed by atoms with Crippen LogP contribution in [-0.2, 0) is 4.79 Å². The Balaban J connectivity index is 1.68. The van der Waals surface area contributed by atoms with Crippen molar-refractivity contribution in [3.8, 4) is 11.1 Å². The number of piperidine rings is 1. The Morgan fingerprint density at radius 1 is 1.08 bits per heavy atom. The van der Waals surface area contributed by atoms with E-state index in [0.29, 0.717) is 0 Å². The number of nitrogens with zero attached hydrogens (tertiary/aromatic N) is 1. The van der Waals surface area contributed by atoms with Crippen molar-refractivity contribution in [3.63, 3.8) is 0 Å². The van der Waals surface area contributed by atoms with E-state index in [4.69, 9.17) is 0 Å². The van der Waals surface area contributed by atoms with Crippen LogP contribution in [0.25, 0.3) is 11.1 Å². The fraction of sp³-hybridized carbons (Fsp3) is 0.381. The highest BCUT2D eigenvalue weighted by Crippen LogP contribution is 2.32.